The van der Waals surface area contributed by atoms with Gasteiger partial charge < -0.3 is 4.74 Å². The van der Waals surface area contributed by atoms with Crippen LogP contribution in [0.25, 0.3) is 0 Å². The van der Waals surface area contributed by atoms with Gasteiger partial charge in [-0.25, -0.2) is 4.79 Å². The molecule has 2 unspecified atom stereocenters. The van der Waals surface area contributed by atoms with Gasteiger partial charge in [0.2, 0.25) is 0 Å². The molecule has 4 atom stereocenters. The largest absolute Gasteiger partial charge is 0.450 e. The molecule has 0 radical (unpaired) electrons. The lowest BCUT2D eigenvalue weighted by atomic mass is 9.79. The standard InChI is InChI=1S/C26H33NO2/c1-18-16-20(12-9-19-10-13-21(14-11-19)25(2,3)4)22-17-24(28)29-26(22,5)23-8-6-7-15-27(18)23/h10-11,13-14,17-18,20,23H,6-8,15-16H2,1-5H3/t18-,20?,23?,26-/m0/s1. The number of ether oxygens (including phenoxy) is 1. The minimum atomic E-state index is -0.544. The van der Waals surface area contributed by atoms with Crippen molar-refractivity contribution in [3.05, 3.63) is 47.0 Å². The number of fused-ring (bicyclic) bond motifs is 3. The van der Waals surface area contributed by atoms with Gasteiger partial charge in [0.1, 0.15) is 5.60 Å². The summed E-state index contributed by atoms with van der Waals surface area (Å²) in [5.41, 5.74) is 3.02. The summed E-state index contributed by atoms with van der Waals surface area (Å²) in [5.74, 6) is 6.75. The molecule has 3 aliphatic rings. The first-order valence-electron chi connectivity index (χ1n) is 11.0. The lowest BCUT2D eigenvalue weighted by molar-refractivity contribution is -0.151. The first-order valence-corrected chi connectivity index (χ1v) is 11.0. The van der Waals surface area contributed by atoms with Crippen LogP contribution in [0, 0.1) is 17.8 Å². The molecule has 0 aliphatic carbocycles. The summed E-state index contributed by atoms with van der Waals surface area (Å²) in [6.45, 7) is 12.2. The van der Waals surface area contributed by atoms with E-state index in [2.05, 4.69) is 75.6 Å². The smallest absolute Gasteiger partial charge is 0.331 e. The van der Waals surface area contributed by atoms with Gasteiger partial charge in [0.15, 0.2) is 0 Å². The summed E-state index contributed by atoms with van der Waals surface area (Å²) in [4.78, 5) is 14.8. The van der Waals surface area contributed by atoms with E-state index in [1.165, 1.54) is 18.4 Å². The molecule has 1 aromatic rings. The highest BCUT2D eigenvalue weighted by Gasteiger charge is 2.53. The summed E-state index contributed by atoms with van der Waals surface area (Å²) < 4.78 is 5.95. The molecule has 0 bridgehead atoms. The fraction of sp³-hybridized carbons (Fsp3) is 0.577. The Hall–Kier alpha value is -2.05. The van der Waals surface area contributed by atoms with Crippen LogP contribution in [0.1, 0.15) is 71.4 Å². The van der Waals surface area contributed by atoms with Crippen LogP contribution in [0.3, 0.4) is 0 Å². The topological polar surface area (TPSA) is 29.5 Å². The van der Waals surface area contributed by atoms with E-state index >= 15 is 0 Å². The Bertz CT molecular complexity index is 880. The Morgan fingerprint density at radius 1 is 1.17 bits per heavy atom. The summed E-state index contributed by atoms with van der Waals surface area (Å²) in [5, 5.41) is 0. The van der Waals surface area contributed by atoms with Crippen LogP contribution in [0.5, 0.6) is 0 Å². The number of esters is 1. The Balaban J connectivity index is 1.66. The van der Waals surface area contributed by atoms with Crippen molar-refractivity contribution in [2.75, 3.05) is 6.54 Å². The predicted octanol–water partition coefficient (Wildman–Crippen LogP) is 4.84. The van der Waals surface area contributed by atoms with E-state index < -0.39 is 5.60 Å². The van der Waals surface area contributed by atoms with E-state index in [0.717, 1.165) is 30.5 Å². The molecule has 0 N–H and O–H groups in total. The fourth-order valence-electron chi connectivity index (χ4n) is 5.31. The number of hydrogen-bond donors (Lipinski definition) is 0. The number of carbonyl (C=O) groups excluding carboxylic acids is 1. The molecule has 3 heteroatoms. The minimum Gasteiger partial charge on any atom is -0.450 e. The van der Waals surface area contributed by atoms with Crippen LogP contribution < -0.4 is 0 Å². The third kappa shape index (κ3) is 3.76. The maximum Gasteiger partial charge on any atom is 0.331 e. The number of rotatable bonds is 0. The lowest BCUT2D eigenvalue weighted by Gasteiger charge is -2.45. The quantitative estimate of drug-likeness (QED) is 0.468. The summed E-state index contributed by atoms with van der Waals surface area (Å²) >= 11 is 0. The molecule has 0 amide bonds. The lowest BCUT2D eigenvalue weighted by Crippen LogP contribution is -2.55. The normalized spacial score (nSPS) is 32.2. The van der Waals surface area contributed by atoms with Crippen LogP contribution in [-0.2, 0) is 14.9 Å². The average molecular weight is 392 g/mol. The maximum atomic E-state index is 12.3. The average Bonchev–Trinajstić information content (AvgIpc) is 2.96. The SMILES string of the molecule is C[C@H]1CC(C#Cc2ccc(C(C)(C)C)cc2)C2=CC(=O)O[C@]2(C)C2CCCCN21. The molecular formula is C26H33NO2. The highest BCUT2D eigenvalue weighted by Crippen LogP contribution is 2.46. The molecule has 3 heterocycles. The van der Waals surface area contributed by atoms with E-state index in [0.29, 0.717) is 6.04 Å². The third-order valence-corrected chi connectivity index (χ3v) is 7.00. The summed E-state index contributed by atoms with van der Waals surface area (Å²) in [6, 6.07) is 9.27. The van der Waals surface area contributed by atoms with Crippen molar-refractivity contribution in [3.63, 3.8) is 0 Å². The number of piperidine rings is 1. The van der Waals surface area contributed by atoms with E-state index in [1.54, 1.807) is 6.08 Å². The van der Waals surface area contributed by atoms with Crippen molar-refractivity contribution in [2.45, 2.75) is 83.4 Å². The molecule has 1 aromatic carbocycles. The van der Waals surface area contributed by atoms with Gasteiger partial charge in [-0.3, -0.25) is 4.90 Å². The third-order valence-electron chi connectivity index (χ3n) is 7.00. The van der Waals surface area contributed by atoms with Crippen molar-refractivity contribution in [2.24, 2.45) is 5.92 Å². The van der Waals surface area contributed by atoms with Crippen LogP contribution in [0.4, 0.5) is 0 Å². The van der Waals surface area contributed by atoms with Crippen LogP contribution in [0.2, 0.25) is 0 Å². The Labute approximate surface area is 175 Å². The molecule has 0 aromatic heterocycles. The van der Waals surface area contributed by atoms with Crippen molar-refractivity contribution in [1.82, 2.24) is 4.90 Å². The highest BCUT2D eigenvalue weighted by atomic mass is 16.6. The zero-order chi connectivity index (χ0) is 20.8. The van der Waals surface area contributed by atoms with Crippen molar-refractivity contribution >= 4 is 5.97 Å². The second kappa shape index (κ2) is 7.33. The molecule has 29 heavy (non-hydrogen) atoms. The number of carbonyl (C=O) groups is 1. The van der Waals surface area contributed by atoms with Gasteiger partial charge in [-0.15, -0.1) is 0 Å². The van der Waals surface area contributed by atoms with E-state index in [4.69, 9.17) is 4.74 Å². The van der Waals surface area contributed by atoms with Gasteiger partial charge in [-0.05, 0) is 68.3 Å². The molecule has 4 rings (SSSR count). The van der Waals surface area contributed by atoms with E-state index in [9.17, 15) is 4.79 Å². The van der Waals surface area contributed by atoms with Crippen molar-refractivity contribution in [3.8, 4) is 11.8 Å². The van der Waals surface area contributed by atoms with E-state index in [-0.39, 0.29) is 23.3 Å². The van der Waals surface area contributed by atoms with Crippen molar-refractivity contribution < 1.29 is 9.53 Å². The second-order valence-electron chi connectivity index (χ2n) is 10.1. The molecule has 0 spiro atoms. The number of nitrogens with zero attached hydrogens (tertiary/aromatic N) is 1. The van der Waals surface area contributed by atoms with Crippen molar-refractivity contribution in [1.29, 1.82) is 0 Å². The molecule has 3 nitrogen and oxygen atoms in total. The molecule has 3 aliphatic heterocycles. The highest BCUT2D eigenvalue weighted by molar-refractivity contribution is 5.87. The zero-order valence-electron chi connectivity index (χ0n) is 18.4. The molecule has 2 fully saturated rings. The van der Waals surface area contributed by atoms with Crippen LogP contribution in [-0.4, -0.2) is 35.1 Å². The van der Waals surface area contributed by atoms with Gasteiger partial charge >= 0.3 is 5.97 Å². The second-order valence-corrected chi connectivity index (χ2v) is 10.1. The Morgan fingerprint density at radius 3 is 2.59 bits per heavy atom. The van der Waals surface area contributed by atoms with Crippen LogP contribution >= 0.6 is 0 Å². The first-order chi connectivity index (χ1) is 13.7. The van der Waals surface area contributed by atoms with E-state index in [1.807, 2.05) is 0 Å². The predicted molar refractivity (Wildman–Crippen MR) is 117 cm³/mol. The minimum absolute atomic E-state index is 0.0503. The van der Waals surface area contributed by atoms with Gasteiger partial charge in [0.05, 0.1) is 6.04 Å². The zero-order valence-corrected chi connectivity index (χ0v) is 18.4. The number of hydrogen-bond acceptors (Lipinski definition) is 3. The summed E-state index contributed by atoms with van der Waals surface area (Å²) in [7, 11) is 0. The Morgan fingerprint density at radius 2 is 1.90 bits per heavy atom. The van der Waals surface area contributed by atoms with Gasteiger partial charge in [-0.2, -0.15) is 0 Å². The van der Waals surface area contributed by atoms with Gasteiger partial charge in [0, 0.05) is 23.6 Å². The molecular weight excluding hydrogens is 358 g/mol. The molecule has 0 saturated carbocycles. The van der Waals surface area contributed by atoms with Crippen LogP contribution in [0.15, 0.2) is 35.9 Å². The monoisotopic (exact) mass is 391 g/mol. The Kier molecular flexibility index (Phi) is 5.11. The number of benzene rings is 1. The molecule has 2 saturated heterocycles. The molecule has 154 valence electrons. The van der Waals surface area contributed by atoms with Gasteiger partial charge in [0.25, 0.3) is 0 Å². The summed E-state index contributed by atoms with van der Waals surface area (Å²) in [6.07, 6.45) is 6.18. The maximum absolute atomic E-state index is 12.3. The fourth-order valence-corrected chi connectivity index (χ4v) is 5.31. The van der Waals surface area contributed by atoms with Gasteiger partial charge in [-0.1, -0.05) is 51.2 Å². The first kappa shape index (κ1) is 20.2.